The van der Waals surface area contributed by atoms with Crippen molar-refractivity contribution >= 4 is 11.8 Å². The number of rotatable bonds is 5. The monoisotopic (exact) mass is 372 g/mol. The van der Waals surface area contributed by atoms with E-state index in [2.05, 4.69) is 46.3 Å². The molecule has 2 aliphatic rings. The van der Waals surface area contributed by atoms with E-state index in [1.807, 2.05) is 4.90 Å². The first-order valence-electron chi connectivity index (χ1n) is 10.0. The summed E-state index contributed by atoms with van der Waals surface area (Å²) in [7, 11) is 1.69. The van der Waals surface area contributed by atoms with Crippen LogP contribution in [0.4, 0.5) is 0 Å². The van der Waals surface area contributed by atoms with Gasteiger partial charge in [-0.15, -0.1) is 0 Å². The standard InChI is InChI=1S/C21H32N4O2/c1-17-4-3-5-18(14-17)15-24-10-12-25(13-11-24)20(26)16-23-8-6-19(7-9-23)21(27)22-2/h3-5,14,19H,6-13,15-16H2,1-2H3,(H,22,27). The second-order valence-electron chi connectivity index (χ2n) is 7.81. The van der Waals surface area contributed by atoms with Gasteiger partial charge in [0, 0.05) is 45.7 Å². The van der Waals surface area contributed by atoms with Gasteiger partial charge < -0.3 is 10.2 Å². The first kappa shape index (κ1) is 19.8. The van der Waals surface area contributed by atoms with Crippen LogP contribution >= 0.6 is 0 Å². The summed E-state index contributed by atoms with van der Waals surface area (Å²) in [6.07, 6.45) is 1.69. The summed E-state index contributed by atoms with van der Waals surface area (Å²) >= 11 is 0. The molecular formula is C21H32N4O2. The smallest absolute Gasteiger partial charge is 0.236 e. The lowest BCUT2D eigenvalue weighted by molar-refractivity contribution is -0.134. The van der Waals surface area contributed by atoms with Crippen LogP contribution in [0, 0.1) is 12.8 Å². The number of benzene rings is 1. The van der Waals surface area contributed by atoms with Crippen LogP contribution in [0.15, 0.2) is 24.3 Å². The summed E-state index contributed by atoms with van der Waals surface area (Å²) < 4.78 is 0. The Balaban J connectivity index is 1.39. The SMILES string of the molecule is CNC(=O)C1CCN(CC(=O)N2CCN(Cc3cccc(C)c3)CC2)CC1. The zero-order valence-electron chi connectivity index (χ0n) is 16.6. The molecule has 0 saturated carbocycles. The Morgan fingerprint density at radius 1 is 1.04 bits per heavy atom. The summed E-state index contributed by atoms with van der Waals surface area (Å²) in [6.45, 7) is 8.69. The first-order chi connectivity index (χ1) is 13.0. The summed E-state index contributed by atoms with van der Waals surface area (Å²) in [4.78, 5) is 31.0. The molecule has 0 spiro atoms. The van der Waals surface area contributed by atoms with Crippen LogP contribution in [-0.2, 0) is 16.1 Å². The molecule has 1 aromatic carbocycles. The third-order valence-corrected chi connectivity index (χ3v) is 5.78. The number of hydrogen-bond acceptors (Lipinski definition) is 4. The molecule has 148 valence electrons. The van der Waals surface area contributed by atoms with Crippen LogP contribution in [0.2, 0.25) is 0 Å². The molecule has 2 heterocycles. The Labute approximate surface area is 162 Å². The number of carbonyl (C=O) groups is 2. The van der Waals surface area contributed by atoms with Gasteiger partial charge in [-0.1, -0.05) is 29.8 Å². The Bertz CT molecular complexity index is 647. The third kappa shape index (κ3) is 5.53. The Hall–Kier alpha value is -1.92. The summed E-state index contributed by atoms with van der Waals surface area (Å²) in [5, 5.41) is 2.73. The minimum atomic E-state index is 0.103. The lowest BCUT2D eigenvalue weighted by Gasteiger charge is -2.37. The van der Waals surface area contributed by atoms with Crippen molar-refractivity contribution < 1.29 is 9.59 Å². The number of carbonyl (C=O) groups excluding carboxylic acids is 2. The molecule has 0 bridgehead atoms. The van der Waals surface area contributed by atoms with Crippen LogP contribution in [-0.4, -0.2) is 79.4 Å². The van der Waals surface area contributed by atoms with Gasteiger partial charge in [-0.05, 0) is 38.4 Å². The number of amides is 2. The molecule has 0 unspecified atom stereocenters. The summed E-state index contributed by atoms with van der Waals surface area (Å²) in [5.41, 5.74) is 2.63. The Morgan fingerprint density at radius 3 is 2.37 bits per heavy atom. The number of piperidine rings is 1. The largest absolute Gasteiger partial charge is 0.359 e. The van der Waals surface area contributed by atoms with Crippen LogP contribution in [0.1, 0.15) is 24.0 Å². The van der Waals surface area contributed by atoms with E-state index in [0.29, 0.717) is 6.54 Å². The van der Waals surface area contributed by atoms with E-state index in [1.54, 1.807) is 7.05 Å². The van der Waals surface area contributed by atoms with Gasteiger partial charge in [0.1, 0.15) is 0 Å². The number of hydrogen-bond donors (Lipinski definition) is 1. The highest BCUT2D eigenvalue weighted by Crippen LogP contribution is 2.17. The lowest BCUT2D eigenvalue weighted by atomic mass is 9.96. The second-order valence-corrected chi connectivity index (χ2v) is 7.81. The zero-order valence-corrected chi connectivity index (χ0v) is 16.6. The van der Waals surface area contributed by atoms with Crippen molar-refractivity contribution in [1.29, 1.82) is 0 Å². The molecule has 0 aromatic heterocycles. The number of aryl methyl sites for hydroxylation is 1. The number of nitrogens with zero attached hydrogens (tertiary/aromatic N) is 3. The van der Waals surface area contributed by atoms with Crippen molar-refractivity contribution in [3.8, 4) is 0 Å². The fraction of sp³-hybridized carbons (Fsp3) is 0.619. The van der Waals surface area contributed by atoms with Crippen LogP contribution in [0.3, 0.4) is 0 Å². The maximum absolute atomic E-state index is 12.6. The molecule has 2 saturated heterocycles. The van der Waals surface area contributed by atoms with Crippen molar-refractivity contribution in [2.24, 2.45) is 5.92 Å². The lowest BCUT2D eigenvalue weighted by Crippen LogP contribution is -2.51. The molecule has 0 radical (unpaired) electrons. The number of likely N-dealkylation sites (tertiary alicyclic amines) is 1. The highest BCUT2D eigenvalue weighted by atomic mass is 16.2. The highest BCUT2D eigenvalue weighted by Gasteiger charge is 2.27. The molecule has 1 aromatic rings. The van der Waals surface area contributed by atoms with Crippen molar-refractivity contribution in [3.63, 3.8) is 0 Å². The predicted molar refractivity (Wildman–Crippen MR) is 106 cm³/mol. The van der Waals surface area contributed by atoms with E-state index in [9.17, 15) is 9.59 Å². The molecule has 1 N–H and O–H groups in total. The van der Waals surface area contributed by atoms with E-state index in [1.165, 1.54) is 11.1 Å². The molecule has 6 heteroatoms. The van der Waals surface area contributed by atoms with E-state index >= 15 is 0 Å². The first-order valence-corrected chi connectivity index (χ1v) is 10.0. The maximum Gasteiger partial charge on any atom is 0.236 e. The van der Waals surface area contributed by atoms with Gasteiger partial charge in [-0.3, -0.25) is 19.4 Å². The minimum Gasteiger partial charge on any atom is -0.359 e. The second kappa shape index (κ2) is 9.33. The average Bonchev–Trinajstić information content (AvgIpc) is 2.68. The molecule has 2 aliphatic heterocycles. The van der Waals surface area contributed by atoms with Crippen molar-refractivity contribution in [2.75, 3.05) is 52.9 Å². The fourth-order valence-corrected chi connectivity index (χ4v) is 4.07. The molecule has 2 amide bonds. The summed E-state index contributed by atoms with van der Waals surface area (Å²) in [6, 6.07) is 8.64. The Kier molecular flexibility index (Phi) is 6.85. The van der Waals surface area contributed by atoms with Crippen LogP contribution in [0.5, 0.6) is 0 Å². The van der Waals surface area contributed by atoms with Gasteiger partial charge in [0.2, 0.25) is 11.8 Å². The van der Waals surface area contributed by atoms with Gasteiger partial charge in [-0.2, -0.15) is 0 Å². The normalized spacial score (nSPS) is 19.9. The van der Waals surface area contributed by atoms with Gasteiger partial charge in [-0.25, -0.2) is 0 Å². The van der Waals surface area contributed by atoms with E-state index in [-0.39, 0.29) is 17.7 Å². The molecule has 6 nitrogen and oxygen atoms in total. The minimum absolute atomic E-state index is 0.103. The van der Waals surface area contributed by atoms with Gasteiger partial charge in [0.25, 0.3) is 0 Å². The molecule has 2 fully saturated rings. The van der Waals surface area contributed by atoms with Crippen molar-refractivity contribution in [3.05, 3.63) is 35.4 Å². The predicted octanol–water partition coefficient (Wildman–Crippen LogP) is 1.10. The molecular weight excluding hydrogens is 340 g/mol. The van der Waals surface area contributed by atoms with E-state index < -0.39 is 0 Å². The number of nitrogens with one attached hydrogen (secondary N) is 1. The molecule has 3 rings (SSSR count). The molecule has 0 aliphatic carbocycles. The number of piperazine rings is 1. The van der Waals surface area contributed by atoms with E-state index in [4.69, 9.17) is 0 Å². The topological polar surface area (TPSA) is 55.9 Å². The molecule has 0 atom stereocenters. The quantitative estimate of drug-likeness (QED) is 0.841. The maximum atomic E-state index is 12.6. The average molecular weight is 373 g/mol. The Morgan fingerprint density at radius 2 is 1.74 bits per heavy atom. The van der Waals surface area contributed by atoms with Gasteiger partial charge >= 0.3 is 0 Å². The third-order valence-electron chi connectivity index (χ3n) is 5.78. The van der Waals surface area contributed by atoms with Gasteiger partial charge in [0.05, 0.1) is 6.54 Å². The fourth-order valence-electron chi connectivity index (χ4n) is 4.07. The van der Waals surface area contributed by atoms with E-state index in [0.717, 1.165) is 58.7 Å². The van der Waals surface area contributed by atoms with Gasteiger partial charge in [0.15, 0.2) is 0 Å². The summed E-state index contributed by atoms with van der Waals surface area (Å²) in [5.74, 6) is 0.459. The van der Waals surface area contributed by atoms with Crippen LogP contribution in [0.25, 0.3) is 0 Å². The molecule has 27 heavy (non-hydrogen) atoms. The van der Waals surface area contributed by atoms with Crippen molar-refractivity contribution in [2.45, 2.75) is 26.3 Å². The highest BCUT2D eigenvalue weighted by molar-refractivity contribution is 5.79. The van der Waals surface area contributed by atoms with Crippen LogP contribution < -0.4 is 5.32 Å². The van der Waals surface area contributed by atoms with Crippen molar-refractivity contribution in [1.82, 2.24) is 20.0 Å². The zero-order chi connectivity index (χ0) is 19.2.